The van der Waals surface area contributed by atoms with Gasteiger partial charge in [-0.15, -0.1) is 11.8 Å². The van der Waals surface area contributed by atoms with E-state index in [1.165, 1.54) is 23.1 Å². The van der Waals surface area contributed by atoms with Crippen LogP contribution in [0.5, 0.6) is 0 Å². The van der Waals surface area contributed by atoms with Gasteiger partial charge >= 0.3 is 0 Å². The predicted octanol–water partition coefficient (Wildman–Crippen LogP) is 4.77. The highest BCUT2D eigenvalue weighted by Gasteiger charge is 2.48. The molecule has 1 fully saturated rings. The van der Waals surface area contributed by atoms with Gasteiger partial charge < -0.3 is 10.6 Å². The summed E-state index contributed by atoms with van der Waals surface area (Å²) >= 11 is 8.95. The van der Waals surface area contributed by atoms with Gasteiger partial charge in [-0.2, -0.15) is 16.4 Å². The number of anilines is 2. The third-order valence-electron chi connectivity index (χ3n) is 5.56. The van der Waals surface area contributed by atoms with Gasteiger partial charge in [-0.05, 0) is 46.7 Å². The fraction of sp³-hybridized carbons (Fsp3) is 0.167. The summed E-state index contributed by atoms with van der Waals surface area (Å²) in [5, 5.41) is 14.1. The van der Waals surface area contributed by atoms with Gasteiger partial charge in [0.2, 0.25) is 5.91 Å². The van der Waals surface area contributed by atoms with Crippen molar-refractivity contribution in [3.63, 3.8) is 0 Å². The smallest absolute Gasteiger partial charge is 0.242 e. The SMILES string of the molecule is Cn1ccc(Nc2cccc(C3(c4ccsc4)CC(=O)C(Sc4ccccc4Cl)C(=O)N3)n2)n1. The summed E-state index contributed by atoms with van der Waals surface area (Å²) in [7, 11) is 1.83. The van der Waals surface area contributed by atoms with Gasteiger partial charge in [0.1, 0.15) is 16.6 Å². The van der Waals surface area contributed by atoms with E-state index in [9.17, 15) is 9.59 Å². The van der Waals surface area contributed by atoms with Crippen LogP contribution in [0.2, 0.25) is 5.02 Å². The van der Waals surface area contributed by atoms with Crippen LogP contribution < -0.4 is 10.6 Å². The van der Waals surface area contributed by atoms with E-state index in [-0.39, 0.29) is 18.1 Å². The molecule has 0 bridgehead atoms. The van der Waals surface area contributed by atoms with Crippen molar-refractivity contribution in [1.82, 2.24) is 20.1 Å². The number of carbonyl (C=O) groups excluding carboxylic acids is 2. The maximum absolute atomic E-state index is 13.4. The fourth-order valence-electron chi connectivity index (χ4n) is 3.95. The Hall–Kier alpha value is -3.14. The van der Waals surface area contributed by atoms with Crippen molar-refractivity contribution in [2.24, 2.45) is 7.05 Å². The lowest BCUT2D eigenvalue weighted by Gasteiger charge is -2.39. The number of carbonyl (C=O) groups is 2. The monoisotopic (exact) mass is 509 g/mol. The second-order valence-corrected chi connectivity index (χ2v) is 10.2. The van der Waals surface area contributed by atoms with Crippen molar-refractivity contribution in [3.05, 3.63) is 87.8 Å². The maximum Gasteiger partial charge on any atom is 0.242 e. The zero-order valence-corrected chi connectivity index (χ0v) is 20.5. The molecule has 2 unspecified atom stereocenters. The third kappa shape index (κ3) is 4.34. The molecule has 7 nitrogen and oxygen atoms in total. The molecule has 10 heteroatoms. The Morgan fingerprint density at radius 2 is 2.00 bits per heavy atom. The highest BCUT2D eigenvalue weighted by atomic mass is 35.5. The third-order valence-corrected chi connectivity index (χ3v) is 8.01. The van der Waals surface area contributed by atoms with Crippen molar-refractivity contribution in [2.45, 2.75) is 22.1 Å². The van der Waals surface area contributed by atoms with E-state index >= 15 is 0 Å². The number of piperidine rings is 1. The van der Waals surface area contributed by atoms with Crippen molar-refractivity contribution in [3.8, 4) is 0 Å². The number of aromatic nitrogens is 3. The number of hydrogen-bond acceptors (Lipinski definition) is 7. The molecule has 0 aliphatic carbocycles. The van der Waals surface area contributed by atoms with Crippen molar-refractivity contribution >= 4 is 58.0 Å². The molecule has 1 amide bonds. The number of benzene rings is 1. The van der Waals surface area contributed by atoms with E-state index in [0.29, 0.717) is 27.2 Å². The number of nitrogens with zero attached hydrogens (tertiary/aromatic N) is 3. The molecule has 2 atom stereocenters. The van der Waals surface area contributed by atoms with Gasteiger partial charge in [0.05, 0.1) is 10.7 Å². The van der Waals surface area contributed by atoms with Gasteiger partial charge in [0.15, 0.2) is 11.6 Å². The largest absolute Gasteiger partial charge is 0.339 e. The van der Waals surface area contributed by atoms with Gasteiger partial charge in [-0.3, -0.25) is 14.3 Å². The summed E-state index contributed by atoms with van der Waals surface area (Å²) in [6, 6.07) is 16.5. The van der Waals surface area contributed by atoms with Crippen molar-refractivity contribution in [2.75, 3.05) is 5.32 Å². The number of thioether (sulfide) groups is 1. The normalized spacial score (nSPS) is 20.2. The Labute approximate surface area is 209 Å². The quantitative estimate of drug-likeness (QED) is 0.364. The lowest BCUT2D eigenvalue weighted by atomic mass is 9.79. The van der Waals surface area contributed by atoms with Gasteiger partial charge in [0.25, 0.3) is 0 Å². The first kappa shape index (κ1) is 22.6. The minimum absolute atomic E-state index is 0.0810. The highest BCUT2D eigenvalue weighted by molar-refractivity contribution is 8.01. The summed E-state index contributed by atoms with van der Waals surface area (Å²) in [6.45, 7) is 0. The molecule has 34 heavy (non-hydrogen) atoms. The van der Waals surface area contributed by atoms with Crippen molar-refractivity contribution in [1.29, 1.82) is 0 Å². The van der Waals surface area contributed by atoms with Gasteiger partial charge in [0, 0.05) is 30.6 Å². The number of thiophene rings is 1. The van der Waals surface area contributed by atoms with E-state index in [1.54, 1.807) is 10.7 Å². The molecule has 172 valence electrons. The number of aryl methyl sites for hydroxylation is 1. The average Bonchev–Trinajstić information content (AvgIpc) is 3.50. The molecular formula is C24H20ClN5O2S2. The van der Waals surface area contributed by atoms with Crippen molar-refractivity contribution < 1.29 is 9.59 Å². The Balaban J connectivity index is 1.49. The lowest BCUT2D eigenvalue weighted by Crippen LogP contribution is -2.58. The first-order chi connectivity index (χ1) is 16.4. The number of Topliss-reactive ketones (excluding diaryl/α,β-unsaturated/α-hetero) is 1. The van der Waals surface area contributed by atoms with E-state index in [1.807, 2.05) is 72.5 Å². The zero-order valence-electron chi connectivity index (χ0n) is 18.1. The molecule has 0 saturated carbocycles. The summed E-state index contributed by atoms with van der Waals surface area (Å²) in [5.41, 5.74) is 0.339. The summed E-state index contributed by atoms with van der Waals surface area (Å²) < 4.78 is 1.69. The number of ketones is 1. The van der Waals surface area contributed by atoms with Crippen LogP contribution in [0.4, 0.5) is 11.6 Å². The van der Waals surface area contributed by atoms with Crippen LogP contribution in [0.3, 0.4) is 0 Å². The van der Waals surface area contributed by atoms with E-state index in [4.69, 9.17) is 16.6 Å². The maximum atomic E-state index is 13.4. The molecule has 1 aliphatic heterocycles. The van der Waals surface area contributed by atoms with Crippen LogP contribution in [-0.2, 0) is 22.2 Å². The van der Waals surface area contributed by atoms with E-state index in [2.05, 4.69) is 15.7 Å². The summed E-state index contributed by atoms with van der Waals surface area (Å²) in [4.78, 5) is 32.2. The Bertz CT molecular complexity index is 1340. The van der Waals surface area contributed by atoms with Crippen LogP contribution in [0.25, 0.3) is 0 Å². The molecule has 1 aromatic carbocycles. The molecule has 4 aromatic rings. The molecule has 3 aromatic heterocycles. The van der Waals surface area contributed by atoms with Crippen LogP contribution in [0, 0.1) is 0 Å². The van der Waals surface area contributed by atoms with E-state index in [0.717, 1.165) is 5.56 Å². The summed E-state index contributed by atoms with van der Waals surface area (Å²) in [5.74, 6) is 0.679. The fourth-order valence-corrected chi connectivity index (χ4v) is 5.92. The van der Waals surface area contributed by atoms with E-state index < -0.39 is 10.8 Å². The van der Waals surface area contributed by atoms with Crippen LogP contribution in [0.1, 0.15) is 17.7 Å². The molecule has 2 N–H and O–H groups in total. The average molecular weight is 510 g/mol. The molecule has 1 aliphatic rings. The standard InChI is InChI=1S/C24H20ClN5O2S2/c1-30-11-9-21(29-30)27-20-8-4-7-19(26-20)24(15-10-12-33-14-15)13-17(31)22(23(32)28-24)34-18-6-3-2-5-16(18)25/h2-12,14,22H,13H2,1H3,(H,28,32)(H,26,27,29). The number of nitrogens with one attached hydrogen (secondary N) is 2. The Morgan fingerprint density at radius 1 is 1.15 bits per heavy atom. The highest BCUT2D eigenvalue weighted by Crippen LogP contribution is 2.41. The molecule has 0 spiro atoms. The lowest BCUT2D eigenvalue weighted by molar-refractivity contribution is -0.133. The van der Waals surface area contributed by atoms with Crippen LogP contribution in [0.15, 0.2) is 76.4 Å². The van der Waals surface area contributed by atoms with Gasteiger partial charge in [-0.25, -0.2) is 4.98 Å². The number of rotatable bonds is 6. The minimum Gasteiger partial charge on any atom is -0.339 e. The molecule has 1 saturated heterocycles. The molecule has 0 radical (unpaired) electrons. The number of halogens is 1. The first-order valence-electron chi connectivity index (χ1n) is 10.5. The Morgan fingerprint density at radius 3 is 2.71 bits per heavy atom. The van der Waals surface area contributed by atoms with Gasteiger partial charge in [-0.1, -0.05) is 29.8 Å². The molecule has 4 heterocycles. The minimum atomic E-state index is -1.06. The molecule has 5 rings (SSSR count). The van der Waals surface area contributed by atoms with Crippen LogP contribution in [-0.4, -0.2) is 31.7 Å². The number of hydrogen-bond donors (Lipinski definition) is 2. The number of amides is 1. The van der Waals surface area contributed by atoms with Crippen LogP contribution >= 0.6 is 34.7 Å². The second-order valence-electron chi connectivity index (χ2n) is 7.89. The Kier molecular flexibility index (Phi) is 6.16. The topological polar surface area (TPSA) is 88.9 Å². The first-order valence-corrected chi connectivity index (χ1v) is 12.7. The molecular weight excluding hydrogens is 490 g/mol. The predicted molar refractivity (Wildman–Crippen MR) is 135 cm³/mol. The number of pyridine rings is 1. The second kappa shape index (κ2) is 9.25. The zero-order chi connectivity index (χ0) is 23.7. The summed E-state index contributed by atoms with van der Waals surface area (Å²) in [6.07, 6.45) is 1.91.